The van der Waals surface area contributed by atoms with Gasteiger partial charge >= 0.3 is 0 Å². The Bertz CT molecular complexity index is 681. The van der Waals surface area contributed by atoms with Crippen LogP contribution in [0.4, 0.5) is 0 Å². The number of H-pyrrole nitrogens is 1. The Kier molecular flexibility index (Phi) is 2.48. The molecular weight excluding hydrogens is 230 g/mol. The fourth-order valence-corrected chi connectivity index (χ4v) is 2.12. The number of fused-ring (bicyclic) bond motifs is 3. The normalized spacial score (nSPS) is 13.8. The molecule has 0 amide bonds. The molecule has 7 nitrogen and oxygen atoms in total. The van der Waals surface area contributed by atoms with Crippen molar-refractivity contribution in [2.24, 2.45) is 11.7 Å². The Hall–Kier alpha value is -2.02. The van der Waals surface area contributed by atoms with Crippen molar-refractivity contribution >= 4 is 16.8 Å². The van der Waals surface area contributed by atoms with Gasteiger partial charge in [0, 0.05) is 0 Å². The number of aromatic amines is 1. The molecule has 0 bridgehead atoms. The van der Waals surface area contributed by atoms with Crippen LogP contribution in [0.3, 0.4) is 0 Å². The van der Waals surface area contributed by atoms with Gasteiger partial charge in [0.25, 0.3) is 0 Å². The van der Waals surface area contributed by atoms with Crippen molar-refractivity contribution in [1.29, 1.82) is 0 Å². The van der Waals surface area contributed by atoms with Crippen LogP contribution in [0.2, 0.25) is 0 Å². The second-order valence-corrected chi connectivity index (χ2v) is 4.83. The molecule has 0 aliphatic carbocycles. The van der Waals surface area contributed by atoms with Crippen molar-refractivity contribution < 1.29 is 0 Å². The maximum absolute atomic E-state index is 6.15. The van der Waals surface area contributed by atoms with E-state index in [9.17, 15) is 0 Å². The highest BCUT2D eigenvalue weighted by Gasteiger charge is 2.17. The number of rotatable bonds is 3. The van der Waals surface area contributed by atoms with Crippen LogP contribution in [0.25, 0.3) is 16.8 Å². The van der Waals surface area contributed by atoms with Crippen LogP contribution in [0.5, 0.6) is 0 Å². The molecule has 0 fully saturated rings. The van der Waals surface area contributed by atoms with Gasteiger partial charge in [-0.1, -0.05) is 13.8 Å². The minimum absolute atomic E-state index is 0.137. The zero-order valence-electron chi connectivity index (χ0n) is 10.3. The summed E-state index contributed by atoms with van der Waals surface area (Å²) in [6.07, 6.45) is 4.13. The number of nitrogens with zero attached hydrogens (tertiary/aromatic N) is 5. The summed E-state index contributed by atoms with van der Waals surface area (Å²) in [5.41, 5.74) is 8.29. The molecule has 0 aliphatic heterocycles. The summed E-state index contributed by atoms with van der Waals surface area (Å²) in [7, 11) is 0. The Morgan fingerprint density at radius 1 is 1.33 bits per heavy atom. The molecule has 0 spiro atoms. The number of hydrogen-bond acceptors (Lipinski definition) is 5. The molecule has 3 aromatic rings. The van der Waals surface area contributed by atoms with Crippen LogP contribution in [0.1, 0.15) is 32.1 Å². The molecule has 0 aliphatic rings. The number of nitrogens with one attached hydrogen (secondary N) is 1. The molecule has 0 saturated heterocycles. The van der Waals surface area contributed by atoms with Crippen molar-refractivity contribution in [2.45, 2.75) is 26.3 Å². The smallest absolute Gasteiger partial charge is 0.189 e. The second kappa shape index (κ2) is 4.02. The minimum atomic E-state index is -0.137. The zero-order chi connectivity index (χ0) is 12.7. The van der Waals surface area contributed by atoms with Gasteiger partial charge in [-0.15, -0.1) is 10.2 Å². The minimum Gasteiger partial charge on any atom is -0.340 e. The first-order chi connectivity index (χ1) is 8.66. The van der Waals surface area contributed by atoms with Crippen molar-refractivity contribution in [3.63, 3.8) is 0 Å². The van der Waals surface area contributed by atoms with Crippen LogP contribution in [0, 0.1) is 5.92 Å². The molecule has 0 aromatic carbocycles. The molecule has 18 heavy (non-hydrogen) atoms. The molecule has 3 rings (SSSR count). The van der Waals surface area contributed by atoms with Gasteiger partial charge in [-0.25, -0.2) is 9.97 Å². The quantitative estimate of drug-likeness (QED) is 0.718. The number of hydrogen-bond donors (Lipinski definition) is 2. The summed E-state index contributed by atoms with van der Waals surface area (Å²) in [6.45, 7) is 4.27. The monoisotopic (exact) mass is 245 g/mol. The van der Waals surface area contributed by atoms with Crippen LogP contribution < -0.4 is 5.73 Å². The van der Waals surface area contributed by atoms with Crippen LogP contribution in [-0.2, 0) is 0 Å². The fourth-order valence-electron chi connectivity index (χ4n) is 2.12. The van der Waals surface area contributed by atoms with E-state index in [-0.39, 0.29) is 6.04 Å². The summed E-state index contributed by atoms with van der Waals surface area (Å²) in [6, 6.07) is -0.137. The van der Waals surface area contributed by atoms with E-state index in [0.29, 0.717) is 17.2 Å². The second-order valence-electron chi connectivity index (χ2n) is 4.83. The molecule has 0 saturated carbocycles. The van der Waals surface area contributed by atoms with Gasteiger partial charge in [-0.3, -0.25) is 4.40 Å². The Balaban J connectivity index is 2.14. The third-order valence-electron chi connectivity index (χ3n) is 2.92. The van der Waals surface area contributed by atoms with Crippen LogP contribution in [0.15, 0.2) is 12.7 Å². The maximum atomic E-state index is 6.15. The third kappa shape index (κ3) is 1.63. The summed E-state index contributed by atoms with van der Waals surface area (Å²) >= 11 is 0. The summed E-state index contributed by atoms with van der Waals surface area (Å²) in [5.74, 6) is 1.25. The Morgan fingerprint density at radius 2 is 2.17 bits per heavy atom. The van der Waals surface area contributed by atoms with E-state index in [1.165, 1.54) is 0 Å². The molecule has 0 radical (unpaired) electrons. The van der Waals surface area contributed by atoms with Crippen molar-refractivity contribution in [3.8, 4) is 0 Å². The third-order valence-corrected chi connectivity index (χ3v) is 2.92. The standard InChI is InChI=1S/C11H15N7/c1-6(2)3-7(12)10-16-17-11-8-9(14-4-13-8)15-5-18(10)11/h4-7H,3,12H2,1-2H3,(H,13,14). The molecule has 1 unspecified atom stereocenters. The van der Waals surface area contributed by atoms with Gasteiger partial charge in [-0.05, 0) is 12.3 Å². The molecule has 7 heteroatoms. The molecule has 1 atom stereocenters. The molecule has 3 aromatic heterocycles. The van der Waals surface area contributed by atoms with Gasteiger partial charge in [-0.2, -0.15) is 0 Å². The average Bonchev–Trinajstić information content (AvgIpc) is 2.93. The van der Waals surface area contributed by atoms with Gasteiger partial charge in [0.15, 0.2) is 17.1 Å². The zero-order valence-corrected chi connectivity index (χ0v) is 10.3. The molecule has 3 heterocycles. The predicted octanol–water partition coefficient (Wildman–Crippen LogP) is 1.05. The lowest BCUT2D eigenvalue weighted by Gasteiger charge is -2.11. The van der Waals surface area contributed by atoms with Crippen molar-refractivity contribution in [1.82, 2.24) is 29.5 Å². The van der Waals surface area contributed by atoms with Gasteiger partial charge < -0.3 is 10.7 Å². The topological polar surface area (TPSA) is 97.8 Å². The van der Waals surface area contributed by atoms with E-state index in [1.807, 2.05) is 4.40 Å². The van der Waals surface area contributed by atoms with E-state index >= 15 is 0 Å². The number of nitrogens with two attached hydrogens (primary N) is 1. The van der Waals surface area contributed by atoms with E-state index in [1.54, 1.807) is 12.7 Å². The highest BCUT2D eigenvalue weighted by atomic mass is 15.3. The van der Waals surface area contributed by atoms with E-state index in [0.717, 1.165) is 17.8 Å². The molecule has 94 valence electrons. The lowest BCUT2D eigenvalue weighted by Crippen LogP contribution is -2.16. The highest BCUT2D eigenvalue weighted by Crippen LogP contribution is 2.20. The van der Waals surface area contributed by atoms with Crippen LogP contribution >= 0.6 is 0 Å². The first kappa shape index (κ1) is 11.1. The van der Waals surface area contributed by atoms with Crippen LogP contribution in [-0.4, -0.2) is 29.5 Å². The highest BCUT2D eigenvalue weighted by molar-refractivity contribution is 5.84. The first-order valence-corrected chi connectivity index (χ1v) is 5.95. The summed E-state index contributed by atoms with van der Waals surface area (Å²) in [5, 5.41) is 8.35. The summed E-state index contributed by atoms with van der Waals surface area (Å²) in [4.78, 5) is 11.4. The SMILES string of the molecule is CC(C)CC(N)c1nnc2c3[nH]cnc3ncn12. The maximum Gasteiger partial charge on any atom is 0.189 e. The number of aromatic nitrogens is 6. The van der Waals surface area contributed by atoms with Gasteiger partial charge in [0.1, 0.15) is 11.8 Å². The van der Waals surface area contributed by atoms with Gasteiger partial charge in [0.2, 0.25) is 0 Å². The lowest BCUT2D eigenvalue weighted by molar-refractivity contribution is 0.490. The van der Waals surface area contributed by atoms with E-state index in [4.69, 9.17) is 5.73 Å². The summed E-state index contributed by atoms with van der Waals surface area (Å²) < 4.78 is 1.83. The molecule has 3 N–H and O–H groups in total. The predicted molar refractivity (Wildman–Crippen MR) is 66.8 cm³/mol. The fraction of sp³-hybridized carbons (Fsp3) is 0.455. The van der Waals surface area contributed by atoms with Crippen molar-refractivity contribution in [3.05, 3.63) is 18.5 Å². The lowest BCUT2D eigenvalue weighted by atomic mass is 10.0. The average molecular weight is 245 g/mol. The van der Waals surface area contributed by atoms with Crippen molar-refractivity contribution in [2.75, 3.05) is 0 Å². The Labute approximate surface area is 103 Å². The van der Waals surface area contributed by atoms with E-state index < -0.39 is 0 Å². The Morgan fingerprint density at radius 3 is 2.94 bits per heavy atom. The molecular formula is C11H15N7. The number of imidazole rings is 1. The first-order valence-electron chi connectivity index (χ1n) is 5.95. The van der Waals surface area contributed by atoms with Gasteiger partial charge in [0.05, 0.1) is 12.4 Å². The largest absolute Gasteiger partial charge is 0.340 e. The van der Waals surface area contributed by atoms with E-state index in [2.05, 4.69) is 39.0 Å².